The smallest absolute Gasteiger partial charge is 0.191 e. The van der Waals surface area contributed by atoms with Crippen molar-refractivity contribution in [1.82, 2.24) is 15.5 Å². The third-order valence-corrected chi connectivity index (χ3v) is 5.50. The van der Waals surface area contributed by atoms with E-state index in [1.54, 1.807) is 0 Å². The number of piperidine rings is 1. The van der Waals surface area contributed by atoms with E-state index in [0.717, 1.165) is 30.4 Å². The fourth-order valence-electron chi connectivity index (χ4n) is 3.76. The Morgan fingerprint density at radius 2 is 2.07 bits per heavy atom. The monoisotopic (exact) mass is 418 g/mol. The molecule has 0 amide bonds. The second-order valence-electron chi connectivity index (χ2n) is 8.33. The van der Waals surface area contributed by atoms with E-state index in [9.17, 15) is 0 Å². The fourth-order valence-corrected chi connectivity index (χ4v) is 3.76. The number of likely N-dealkylation sites (tertiary alicyclic amines) is 1. The molecule has 1 aliphatic rings. The molecule has 1 heterocycles. The maximum Gasteiger partial charge on any atom is 0.191 e. The Bertz CT molecular complexity index is 648. The van der Waals surface area contributed by atoms with Crippen molar-refractivity contribution in [2.75, 3.05) is 46.0 Å². The first-order valence-corrected chi connectivity index (χ1v) is 11.6. The number of hydrogen-bond acceptors (Lipinski definition) is 4. The van der Waals surface area contributed by atoms with Gasteiger partial charge >= 0.3 is 0 Å². The molecule has 1 aliphatic heterocycles. The van der Waals surface area contributed by atoms with Crippen molar-refractivity contribution < 1.29 is 9.47 Å². The van der Waals surface area contributed by atoms with Gasteiger partial charge in [-0.1, -0.05) is 12.1 Å². The first kappa shape index (κ1) is 24.5. The average molecular weight is 419 g/mol. The average Bonchev–Trinajstić information content (AvgIpc) is 2.74. The predicted octanol–water partition coefficient (Wildman–Crippen LogP) is 3.59. The van der Waals surface area contributed by atoms with Crippen molar-refractivity contribution >= 4 is 5.96 Å². The van der Waals surface area contributed by atoms with E-state index in [1.807, 2.05) is 6.92 Å². The van der Waals surface area contributed by atoms with Crippen LogP contribution in [0.2, 0.25) is 0 Å². The van der Waals surface area contributed by atoms with Crippen molar-refractivity contribution in [3.05, 3.63) is 29.3 Å². The first-order chi connectivity index (χ1) is 14.5. The molecule has 0 aromatic heterocycles. The van der Waals surface area contributed by atoms with E-state index in [0.29, 0.717) is 38.3 Å². The third-order valence-electron chi connectivity index (χ3n) is 5.50. The summed E-state index contributed by atoms with van der Waals surface area (Å²) in [4.78, 5) is 7.41. The first-order valence-electron chi connectivity index (χ1n) is 11.6. The molecule has 1 fully saturated rings. The van der Waals surface area contributed by atoms with Crippen LogP contribution >= 0.6 is 0 Å². The summed E-state index contributed by atoms with van der Waals surface area (Å²) in [5.41, 5.74) is 2.28. The zero-order valence-electron chi connectivity index (χ0n) is 19.7. The van der Waals surface area contributed by atoms with Gasteiger partial charge in [0, 0.05) is 37.8 Å². The normalized spacial score (nSPS) is 17.9. The molecule has 1 aromatic carbocycles. The van der Waals surface area contributed by atoms with Crippen LogP contribution in [0.15, 0.2) is 23.2 Å². The summed E-state index contributed by atoms with van der Waals surface area (Å²) >= 11 is 0. The largest absolute Gasteiger partial charge is 0.491 e. The molecular formula is C24H42N4O2. The van der Waals surface area contributed by atoms with Crippen molar-refractivity contribution in [3.8, 4) is 5.75 Å². The highest BCUT2D eigenvalue weighted by Gasteiger charge is 2.21. The van der Waals surface area contributed by atoms with Crippen LogP contribution in [0.4, 0.5) is 0 Å². The lowest BCUT2D eigenvalue weighted by Crippen LogP contribution is -2.46. The second kappa shape index (κ2) is 13.5. The summed E-state index contributed by atoms with van der Waals surface area (Å²) in [6.07, 6.45) is 2.56. The Labute approximate surface area is 183 Å². The zero-order chi connectivity index (χ0) is 21.8. The van der Waals surface area contributed by atoms with E-state index >= 15 is 0 Å². The molecule has 0 radical (unpaired) electrons. The van der Waals surface area contributed by atoms with E-state index in [-0.39, 0.29) is 0 Å². The molecule has 0 aliphatic carbocycles. The lowest BCUT2D eigenvalue weighted by Gasteiger charge is -2.35. The maximum atomic E-state index is 5.96. The lowest BCUT2D eigenvalue weighted by atomic mass is 9.97. The van der Waals surface area contributed by atoms with Crippen LogP contribution in [-0.2, 0) is 11.3 Å². The van der Waals surface area contributed by atoms with Crippen LogP contribution in [0, 0.1) is 12.8 Å². The van der Waals surface area contributed by atoms with Crippen LogP contribution < -0.4 is 15.4 Å². The number of aryl methyl sites for hydroxylation is 1. The van der Waals surface area contributed by atoms with Gasteiger partial charge in [0.15, 0.2) is 5.96 Å². The fraction of sp³-hybridized carbons (Fsp3) is 0.708. The zero-order valence-corrected chi connectivity index (χ0v) is 19.7. The van der Waals surface area contributed by atoms with Gasteiger partial charge in [0.2, 0.25) is 0 Å². The van der Waals surface area contributed by atoms with Crippen LogP contribution in [0.25, 0.3) is 0 Å². The highest BCUT2D eigenvalue weighted by Crippen LogP contribution is 2.21. The number of hydrogen-bond donors (Lipinski definition) is 2. The lowest BCUT2D eigenvalue weighted by molar-refractivity contribution is 0.110. The summed E-state index contributed by atoms with van der Waals surface area (Å²) in [7, 11) is 0. The standard InChI is InChI=1S/C24H42N4O2/c1-6-25-24(26-16-21-9-8-12-28(18-21)19(3)4)27-17-22-11-10-20(5)15-23(22)30-14-13-29-7-2/h10-11,15,19,21H,6-9,12-14,16-18H2,1-5H3,(H2,25,26,27). The second-order valence-corrected chi connectivity index (χ2v) is 8.33. The summed E-state index contributed by atoms with van der Waals surface area (Å²) < 4.78 is 11.4. The van der Waals surface area contributed by atoms with E-state index in [2.05, 4.69) is 61.4 Å². The highest BCUT2D eigenvalue weighted by molar-refractivity contribution is 5.79. The number of aliphatic imine (C=N–C) groups is 1. The number of ether oxygens (including phenoxy) is 2. The van der Waals surface area contributed by atoms with Crippen molar-refractivity contribution in [2.24, 2.45) is 10.9 Å². The van der Waals surface area contributed by atoms with Gasteiger partial charge in [-0.3, -0.25) is 0 Å². The minimum absolute atomic E-state index is 0.556. The number of guanidine groups is 1. The molecule has 6 nitrogen and oxygen atoms in total. The van der Waals surface area contributed by atoms with Gasteiger partial charge in [-0.25, -0.2) is 4.99 Å². The van der Waals surface area contributed by atoms with Crippen LogP contribution in [-0.4, -0.2) is 62.9 Å². The Balaban J connectivity index is 1.95. The van der Waals surface area contributed by atoms with Gasteiger partial charge in [-0.2, -0.15) is 0 Å². The predicted molar refractivity (Wildman–Crippen MR) is 125 cm³/mol. The minimum Gasteiger partial charge on any atom is -0.491 e. The minimum atomic E-state index is 0.556. The number of nitrogens with zero attached hydrogens (tertiary/aromatic N) is 2. The van der Waals surface area contributed by atoms with Crippen LogP contribution in [0.3, 0.4) is 0 Å². The van der Waals surface area contributed by atoms with E-state index < -0.39 is 0 Å². The molecule has 170 valence electrons. The van der Waals surface area contributed by atoms with Gasteiger partial charge in [-0.15, -0.1) is 0 Å². The third kappa shape index (κ3) is 8.52. The van der Waals surface area contributed by atoms with Gasteiger partial charge in [0.1, 0.15) is 12.4 Å². The maximum absolute atomic E-state index is 5.96. The molecule has 1 saturated heterocycles. The molecule has 30 heavy (non-hydrogen) atoms. The van der Waals surface area contributed by atoms with Crippen LogP contribution in [0.1, 0.15) is 51.7 Å². The summed E-state index contributed by atoms with van der Waals surface area (Å²) in [5.74, 6) is 2.44. The molecule has 6 heteroatoms. The highest BCUT2D eigenvalue weighted by atomic mass is 16.5. The molecule has 1 unspecified atom stereocenters. The Kier molecular flexibility index (Phi) is 11.0. The summed E-state index contributed by atoms with van der Waals surface area (Å²) in [6.45, 7) is 17.4. The number of benzene rings is 1. The number of nitrogens with one attached hydrogen (secondary N) is 2. The molecule has 0 saturated carbocycles. The Morgan fingerprint density at radius 1 is 1.23 bits per heavy atom. The van der Waals surface area contributed by atoms with Gasteiger partial charge < -0.3 is 25.0 Å². The van der Waals surface area contributed by atoms with Crippen molar-refractivity contribution in [2.45, 2.75) is 60.0 Å². The van der Waals surface area contributed by atoms with Crippen molar-refractivity contribution in [3.63, 3.8) is 0 Å². The molecule has 0 spiro atoms. The molecule has 2 N–H and O–H groups in total. The van der Waals surface area contributed by atoms with Crippen LogP contribution in [0.5, 0.6) is 5.75 Å². The molecule has 2 rings (SSSR count). The van der Waals surface area contributed by atoms with Gasteiger partial charge in [-0.05, 0) is 71.6 Å². The van der Waals surface area contributed by atoms with E-state index in [4.69, 9.17) is 14.5 Å². The number of rotatable bonds is 11. The van der Waals surface area contributed by atoms with E-state index in [1.165, 1.54) is 31.5 Å². The molecular weight excluding hydrogens is 376 g/mol. The molecule has 0 bridgehead atoms. The Morgan fingerprint density at radius 3 is 2.80 bits per heavy atom. The molecule has 1 atom stereocenters. The topological polar surface area (TPSA) is 58.1 Å². The SMILES string of the molecule is CCNC(=NCc1ccc(C)cc1OCCOCC)NCC1CCCN(C(C)C)C1. The molecule has 1 aromatic rings. The Hall–Kier alpha value is -1.79. The quantitative estimate of drug-likeness (QED) is 0.327. The summed E-state index contributed by atoms with van der Waals surface area (Å²) in [6, 6.07) is 6.93. The van der Waals surface area contributed by atoms with Gasteiger partial charge in [0.05, 0.1) is 13.2 Å². The summed E-state index contributed by atoms with van der Waals surface area (Å²) in [5, 5.41) is 6.94. The van der Waals surface area contributed by atoms with Gasteiger partial charge in [0.25, 0.3) is 0 Å². The van der Waals surface area contributed by atoms with Crippen molar-refractivity contribution in [1.29, 1.82) is 0 Å².